The summed E-state index contributed by atoms with van der Waals surface area (Å²) in [6.07, 6.45) is 0. The van der Waals surface area contributed by atoms with Gasteiger partial charge in [0, 0.05) is 17.8 Å². The van der Waals surface area contributed by atoms with Crippen LogP contribution in [-0.4, -0.2) is 30.1 Å². The zero-order valence-corrected chi connectivity index (χ0v) is 10.2. The normalized spacial score (nSPS) is 24.7. The van der Waals surface area contributed by atoms with E-state index in [1.165, 1.54) is 0 Å². The molecule has 1 aromatic carbocycles. The Morgan fingerprint density at radius 2 is 1.76 bits per heavy atom. The van der Waals surface area contributed by atoms with Crippen LogP contribution < -0.4 is 10.2 Å². The summed E-state index contributed by atoms with van der Waals surface area (Å²) in [6, 6.07) is 7.94. The highest BCUT2D eigenvalue weighted by atomic mass is 16.6. The van der Waals surface area contributed by atoms with Gasteiger partial charge in [-0.15, -0.1) is 0 Å². The molecule has 92 valence electrons. The molecule has 1 heterocycles. The highest BCUT2D eigenvalue weighted by molar-refractivity contribution is 5.51. The number of rotatable bonds is 2. The van der Waals surface area contributed by atoms with Crippen molar-refractivity contribution in [3.8, 4) is 0 Å². The molecule has 0 aromatic heterocycles. The number of non-ortho nitro benzene ring substituents is 1. The van der Waals surface area contributed by atoms with Crippen LogP contribution in [0.1, 0.15) is 13.8 Å². The number of anilines is 1. The molecule has 0 bridgehead atoms. The van der Waals surface area contributed by atoms with Crippen molar-refractivity contribution < 1.29 is 10.2 Å². The minimum atomic E-state index is -0.362. The maximum Gasteiger partial charge on any atom is 0.269 e. The fraction of sp³-hybridized carbons (Fsp3) is 0.500. The molecule has 0 amide bonds. The van der Waals surface area contributed by atoms with Gasteiger partial charge >= 0.3 is 0 Å². The number of nitro groups is 1. The van der Waals surface area contributed by atoms with Crippen LogP contribution in [0, 0.1) is 10.1 Å². The molecule has 0 spiro atoms. The van der Waals surface area contributed by atoms with Crippen LogP contribution >= 0.6 is 0 Å². The topological polar surface area (TPSA) is 63.0 Å². The van der Waals surface area contributed by atoms with E-state index in [0.29, 0.717) is 12.1 Å². The number of nitrogens with two attached hydrogens (primary N) is 1. The van der Waals surface area contributed by atoms with Crippen molar-refractivity contribution in [3.63, 3.8) is 0 Å². The smallest absolute Gasteiger partial charge is 0.269 e. The highest BCUT2D eigenvalue weighted by Gasteiger charge is 2.24. The number of hydrogen-bond donors (Lipinski definition) is 1. The Hall–Kier alpha value is -1.62. The van der Waals surface area contributed by atoms with Crippen LogP contribution in [0.5, 0.6) is 0 Å². The highest BCUT2D eigenvalue weighted by Crippen LogP contribution is 2.20. The first-order valence-corrected chi connectivity index (χ1v) is 5.90. The summed E-state index contributed by atoms with van der Waals surface area (Å²) >= 11 is 0. The lowest BCUT2D eigenvalue weighted by Gasteiger charge is -2.34. The van der Waals surface area contributed by atoms with E-state index in [0.717, 1.165) is 18.8 Å². The molecule has 1 aromatic rings. The molecule has 1 fully saturated rings. The van der Waals surface area contributed by atoms with E-state index in [4.69, 9.17) is 0 Å². The third kappa shape index (κ3) is 2.74. The van der Waals surface area contributed by atoms with Gasteiger partial charge in [-0.05, 0) is 26.0 Å². The summed E-state index contributed by atoms with van der Waals surface area (Å²) in [5, 5.41) is 12.9. The van der Waals surface area contributed by atoms with E-state index < -0.39 is 0 Å². The number of nitro benzene ring substituents is 1. The van der Waals surface area contributed by atoms with Crippen molar-refractivity contribution in [1.82, 2.24) is 0 Å². The predicted molar refractivity (Wildman–Crippen MR) is 66.2 cm³/mol. The summed E-state index contributed by atoms with van der Waals surface area (Å²) < 4.78 is 0. The Morgan fingerprint density at radius 3 is 2.24 bits per heavy atom. The van der Waals surface area contributed by atoms with E-state index in [1.807, 2.05) is 12.1 Å². The number of benzene rings is 1. The zero-order chi connectivity index (χ0) is 12.4. The van der Waals surface area contributed by atoms with Gasteiger partial charge in [0.25, 0.3) is 5.69 Å². The second-order valence-electron chi connectivity index (χ2n) is 4.83. The van der Waals surface area contributed by atoms with Gasteiger partial charge in [0.2, 0.25) is 0 Å². The third-order valence-electron chi connectivity index (χ3n) is 3.10. The Morgan fingerprint density at radius 1 is 1.24 bits per heavy atom. The maximum absolute atomic E-state index is 10.6. The second-order valence-corrected chi connectivity index (χ2v) is 4.83. The molecular formula is C12H18N3O2+. The largest absolute Gasteiger partial charge is 0.360 e. The number of quaternary nitrogens is 1. The lowest BCUT2D eigenvalue weighted by molar-refractivity contribution is -0.716. The van der Waals surface area contributed by atoms with Crippen molar-refractivity contribution in [2.75, 3.05) is 18.0 Å². The van der Waals surface area contributed by atoms with Crippen LogP contribution in [0.15, 0.2) is 24.3 Å². The molecular weight excluding hydrogens is 218 g/mol. The van der Waals surface area contributed by atoms with Crippen molar-refractivity contribution in [1.29, 1.82) is 0 Å². The summed E-state index contributed by atoms with van der Waals surface area (Å²) in [4.78, 5) is 12.5. The van der Waals surface area contributed by atoms with Crippen LogP contribution in [0.25, 0.3) is 0 Å². The SMILES string of the molecule is C[C@@H]1CN(c2ccc([N+](=O)[O-])cc2)C[C@H](C)[NH2+]1. The molecule has 17 heavy (non-hydrogen) atoms. The van der Waals surface area contributed by atoms with E-state index >= 15 is 0 Å². The van der Waals surface area contributed by atoms with Crippen molar-refractivity contribution in [2.45, 2.75) is 25.9 Å². The fourth-order valence-electron chi connectivity index (χ4n) is 2.45. The lowest BCUT2D eigenvalue weighted by atomic mass is 10.1. The quantitative estimate of drug-likeness (QED) is 0.609. The Balaban J connectivity index is 2.14. The summed E-state index contributed by atoms with van der Waals surface area (Å²) in [7, 11) is 0. The molecule has 1 aliphatic heterocycles. The van der Waals surface area contributed by atoms with E-state index in [2.05, 4.69) is 24.1 Å². The summed E-state index contributed by atoms with van der Waals surface area (Å²) in [5.74, 6) is 0. The van der Waals surface area contributed by atoms with Crippen LogP contribution in [-0.2, 0) is 0 Å². The Labute approximate surface area is 101 Å². The number of piperazine rings is 1. The van der Waals surface area contributed by atoms with Gasteiger partial charge in [-0.25, -0.2) is 0 Å². The third-order valence-corrected chi connectivity index (χ3v) is 3.10. The van der Waals surface area contributed by atoms with Gasteiger partial charge in [0.15, 0.2) is 0 Å². The molecule has 0 saturated carbocycles. The zero-order valence-electron chi connectivity index (χ0n) is 10.2. The van der Waals surface area contributed by atoms with Gasteiger partial charge in [0.1, 0.15) is 12.1 Å². The van der Waals surface area contributed by atoms with Crippen molar-refractivity contribution >= 4 is 11.4 Å². The second kappa shape index (κ2) is 4.71. The molecule has 1 saturated heterocycles. The van der Waals surface area contributed by atoms with E-state index in [1.54, 1.807) is 12.1 Å². The van der Waals surface area contributed by atoms with Gasteiger partial charge in [-0.3, -0.25) is 10.1 Å². The van der Waals surface area contributed by atoms with Gasteiger partial charge in [0.05, 0.1) is 18.0 Å². The average Bonchev–Trinajstić information content (AvgIpc) is 2.28. The monoisotopic (exact) mass is 236 g/mol. The number of hydrogen-bond acceptors (Lipinski definition) is 3. The van der Waals surface area contributed by atoms with Crippen LogP contribution in [0.4, 0.5) is 11.4 Å². The first-order valence-electron chi connectivity index (χ1n) is 5.90. The summed E-state index contributed by atoms with van der Waals surface area (Å²) in [6.45, 7) is 6.38. The Kier molecular flexibility index (Phi) is 3.28. The van der Waals surface area contributed by atoms with Crippen LogP contribution in [0.2, 0.25) is 0 Å². The molecule has 2 rings (SSSR count). The molecule has 5 nitrogen and oxygen atoms in total. The van der Waals surface area contributed by atoms with Crippen molar-refractivity contribution in [3.05, 3.63) is 34.4 Å². The molecule has 2 N–H and O–H groups in total. The first kappa shape index (κ1) is 11.9. The predicted octanol–water partition coefficient (Wildman–Crippen LogP) is 0.755. The average molecular weight is 236 g/mol. The van der Waals surface area contributed by atoms with E-state index in [9.17, 15) is 10.1 Å². The molecule has 0 unspecified atom stereocenters. The molecule has 0 radical (unpaired) electrons. The van der Waals surface area contributed by atoms with Gasteiger partial charge < -0.3 is 10.2 Å². The fourth-order valence-corrected chi connectivity index (χ4v) is 2.45. The minimum Gasteiger partial charge on any atom is -0.360 e. The molecule has 5 heteroatoms. The van der Waals surface area contributed by atoms with Gasteiger partial charge in [-0.2, -0.15) is 0 Å². The molecule has 1 aliphatic rings. The van der Waals surface area contributed by atoms with Crippen LogP contribution in [0.3, 0.4) is 0 Å². The van der Waals surface area contributed by atoms with E-state index in [-0.39, 0.29) is 10.6 Å². The lowest BCUT2D eigenvalue weighted by Crippen LogP contribution is -2.99. The molecule has 2 atom stereocenters. The minimum absolute atomic E-state index is 0.151. The standard InChI is InChI=1S/C12H17N3O2/c1-9-7-14(8-10(2)13-9)11-3-5-12(6-4-11)15(16)17/h3-6,9-10,13H,7-8H2,1-2H3/p+1/t9-,10+. The van der Waals surface area contributed by atoms with Crippen molar-refractivity contribution in [2.24, 2.45) is 0 Å². The number of nitrogens with zero attached hydrogens (tertiary/aromatic N) is 2. The first-order chi connectivity index (χ1) is 8.06. The maximum atomic E-state index is 10.6. The Bertz CT molecular complexity index is 395. The summed E-state index contributed by atoms with van der Waals surface area (Å²) in [5.41, 5.74) is 1.22. The molecule has 0 aliphatic carbocycles. The van der Waals surface area contributed by atoms with Gasteiger partial charge in [-0.1, -0.05) is 0 Å².